The van der Waals surface area contributed by atoms with Crippen LogP contribution in [0.3, 0.4) is 0 Å². The second-order valence-corrected chi connectivity index (χ2v) is 8.44. The molecular formula is C24H30N4O. The molecule has 3 aromatic rings. The molecule has 3 rings (SSSR count). The minimum Gasteiger partial charge on any atom is -0.310 e. The summed E-state index contributed by atoms with van der Waals surface area (Å²) >= 11 is 0. The summed E-state index contributed by atoms with van der Waals surface area (Å²) in [5.74, 6) is 0.622. The molecule has 0 saturated heterocycles. The second kappa shape index (κ2) is 8.62. The summed E-state index contributed by atoms with van der Waals surface area (Å²) in [7, 11) is 0. The first kappa shape index (κ1) is 20.8. The number of hydrogen-bond donors (Lipinski definition) is 2. The molecule has 0 radical (unpaired) electrons. The van der Waals surface area contributed by atoms with Crippen LogP contribution in [0.4, 0.5) is 5.82 Å². The summed E-state index contributed by atoms with van der Waals surface area (Å²) in [6.45, 7) is 10.4. The van der Waals surface area contributed by atoms with Gasteiger partial charge in [-0.05, 0) is 45.7 Å². The van der Waals surface area contributed by atoms with Crippen LogP contribution in [0, 0.1) is 13.8 Å². The number of benzene rings is 2. The van der Waals surface area contributed by atoms with E-state index in [-0.39, 0.29) is 24.0 Å². The maximum absolute atomic E-state index is 12.7. The molecule has 1 amide bonds. The summed E-state index contributed by atoms with van der Waals surface area (Å²) < 4.78 is 1.86. The highest BCUT2D eigenvalue weighted by Gasteiger charge is 2.21. The number of nitrogens with one attached hydrogen (secondary N) is 2. The first-order chi connectivity index (χ1) is 13.7. The molecule has 1 aromatic heterocycles. The van der Waals surface area contributed by atoms with Gasteiger partial charge in [0.25, 0.3) is 0 Å². The number of rotatable bonds is 6. The maximum Gasteiger partial charge on any atom is 0.239 e. The molecule has 2 N–H and O–H groups in total. The molecule has 1 unspecified atom stereocenters. The lowest BCUT2D eigenvalue weighted by Gasteiger charge is -2.23. The highest BCUT2D eigenvalue weighted by molar-refractivity contribution is 5.91. The van der Waals surface area contributed by atoms with E-state index in [1.807, 2.05) is 35.9 Å². The smallest absolute Gasteiger partial charge is 0.239 e. The number of amides is 1. The third kappa shape index (κ3) is 5.33. The van der Waals surface area contributed by atoms with Crippen molar-refractivity contribution in [2.45, 2.75) is 46.2 Å². The average molecular weight is 391 g/mol. The topological polar surface area (TPSA) is 59.0 Å². The molecule has 1 atom stereocenters. The van der Waals surface area contributed by atoms with Crippen molar-refractivity contribution in [2.75, 3.05) is 11.9 Å². The Hall–Kier alpha value is -2.92. The van der Waals surface area contributed by atoms with E-state index in [4.69, 9.17) is 0 Å². The fourth-order valence-corrected chi connectivity index (χ4v) is 3.31. The van der Waals surface area contributed by atoms with E-state index in [1.54, 1.807) is 0 Å². The van der Waals surface area contributed by atoms with Crippen molar-refractivity contribution in [1.82, 2.24) is 15.1 Å². The van der Waals surface area contributed by atoms with Crippen LogP contribution in [0.25, 0.3) is 0 Å². The van der Waals surface area contributed by atoms with Crippen LogP contribution in [0.1, 0.15) is 49.2 Å². The predicted molar refractivity (Wildman–Crippen MR) is 118 cm³/mol. The third-order valence-corrected chi connectivity index (χ3v) is 4.74. The van der Waals surface area contributed by atoms with Crippen molar-refractivity contribution >= 4 is 11.7 Å². The molecule has 0 aliphatic rings. The Morgan fingerprint density at radius 1 is 1.00 bits per heavy atom. The Bertz CT molecular complexity index is 953. The summed E-state index contributed by atoms with van der Waals surface area (Å²) in [4.78, 5) is 12.7. The van der Waals surface area contributed by atoms with Gasteiger partial charge in [-0.3, -0.25) is 10.1 Å². The number of anilines is 1. The van der Waals surface area contributed by atoms with Gasteiger partial charge in [-0.15, -0.1) is 0 Å². The zero-order valence-electron chi connectivity index (χ0n) is 17.9. The van der Waals surface area contributed by atoms with E-state index < -0.39 is 0 Å². The van der Waals surface area contributed by atoms with E-state index >= 15 is 0 Å². The van der Waals surface area contributed by atoms with Gasteiger partial charge in [0.1, 0.15) is 5.82 Å². The quantitative estimate of drug-likeness (QED) is 0.648. The van der Waals surface area contributed by atoms with Gasteiger partial charge in [0.2, 0.25) is 5.91 Å². The van der Waals surface area contributed by atoms with Crippen molar-refractivity contribution in [3.63, 3.8) is 0 Å². The Morgan fingerprint density at radius 3 is 2.24 bits per heavy atom. The summed E-state index contributed by atoms with van der Waals surface area (Å²) in [6.07, 6.45) is 0. The highest BCUT2D eigenvalue weighted by Crippen LogP contribution is 2.23. The molecular weight excluding hydrogens is 360 g/mol. The van der Waals surface area contributed by atoms with Gasteiger partial charge < -0.3 is 5.32 Å². The first-order valence-electron chi connectivity index (χ1n) is 9.96. The van der Waals surface area contributed by atoms with Crippen LogP contribution >= 0.6 is 0 Å². The molecule has 2 aromatic carbocycles. The van der Waals surface area contributed by atoms with Crippen LogP contribution in [0.15, 0.2) is 60.7 Å². The van der Waals surface area contributed by atoms with Gasteiger partial charge in [0.15, 0.2) is 0 Å². The number of hydrogen-bond acceptors (Lipinski definition) is 3. The molecule has 0 aliphatic heterocycles. The minimum absolute atomic E-state index is 0.0585. The lowest BCUT2D eigenvalue weighted by Crippen LogP contribution is -2.33. The third-order valence-electron chi connectivity index (χ3n) is 4.74. The van der Waals surface area contributed by atoms with E-state index in [9.17, 15) is 4.79 Å². The van der Waals surface area contributed by atoms with Gasteiger partial charge in [-0.25, -0.2) is 4.68 Å². The molecule has 0 aliphatic carbocycles. The highest BCUT2D eigenvalue weighted by atomic mass is 16.2. The number of nitrogens with zero attached hydrogens (tertiary/aromatic N) is 2. The van der Waals surface area contributed by atoms with Gasteiger partial charge in [0.05, 0.1) is 23.8 Å². The Kier molecular flexibility index (Phi) is 6.18. The lowest BCUT2D eigenvalue weighted by molar-refractivity contribution is -0.115. The standard InChI is InChI=1S/C24H30N4O/c1-17-11-13-20(14-12-17)23(19-9-7-6-8-10-19)25-16-22(29)26-21-15-18(2)27-28(21)24(3,4)5/h6-15,23,25H,16H2,1-5H3,(H,26,29). The Labute approximate surface area is 173 Å². The average Bonchev–Trinajstić information content (AvgIpc) is 3.05. The van der Waals surface area contributed by atoms with Crippen molar-refractivity contribution in [3.05, 3.63) is 83.0 Å². The molecule has 1 heterocycles. The molecule has 0 bridgehead atoms. The van der Waals surface area contributed by atoms with Crippen molar-refractivity contribution < 1.29 is 4.79 Å². The van der Waals surface area contributed by atoms with E-state index in [1.165, 1.54) is 5.56 Å². The molecule has 5 nitrogen and oxygen atoms in total. The molecule has 0 saturated carbocycles. The number of aromatic nitrogens is 2. The zero-order chi connectivity index (χ0) is 21.0. The zero-order valence-corrected chi connectivity index (χ0v) is 17.9. The van der Waals surface area contributed by atoms with Gasteiger partial charge in [-0.2, -0.15) is 5.10 Å². The van der Waals surface area contributed by atoms with Crippen LogP contribution in [-0.4, -0.2) is 22.2 Å². The van der Waals surface area contributed by atoms with E-state index in [2.05, 4.69) is 79.8 Å². The molecule has 5 heteroatoms. The Balaban J connectivity index is 1.75. The number of carbonyl (C=O) groups is 1. The molecule has 0 spiro atoms. The summed E-state index contributed by atoms with van der Waals surface area (Å²) in [5, 5.41) is 10.9. The SMILES string of the molecule is Cc1ccc(C(NCC(=O)Nc2cc(C)nn2C(C)(C)C)c2ccccc2)cc1. The van der Waals surface area contributed by atoms with Crippen molar-refractivity contribution in [3.8, 4) is 0 Å². The van der Waals surface area contributed by atoms with Crippen molar-refractivity contribution in [1.29, 1.82) is 0 Å². The number of carbonyl (C=O) groups excluding carboxylic acids is 1. The Morgan fingerprint density at radius 2 is 1.62 bits per heavy atom. The minimum atomic E-state index is -0.210. The van der Waals surface area contributed by atoms with Crippen LogP contribution in [-0.2, 0) is 10.3 Å². The molecule has 152 valence electrons. The van der Waals surface area contributed by atoms with E-state index in [0.717, 1.165) is 16.8 Å². The number of aryl methyl sites for hydroxylation is 2. The van der Waals surface area contributed by atoms with Crippen LogP contribution in [0.5, 0.6) is 0 Å². The largest absolute Gasteiger partial charge is 0.310 e. The maximum atomic E-state index is 12.7. The monoisotopic (exact) mass is 390 g/mol. The first-order valence-corrected chi connectivity index (χ1v) is 9.96. The second-order valence-electron chi connectivity index (χ2n) is 8.44. The normalized spacial score (nSPS) is 12.6. The van der Waals surface area contributed by atoms with E-state index in [0.29, 0.717) is 5.82 Å². The predicted octanol–water partition coefficient (Wildman–Crippen LogP) is 4.57. The molecule has 29 heavy (non-hydrogen) atoms. The lowest BCUT2D eigenvalue weighted by atomic mass is 9.98. The summed E-state index contributed by atoms with van der Waals surface area (Å²) in [6, 6.07) is 20.4. The molecule has 0 fully saturated rings. The van der Waals surface area contributed by atoms with Crippen molar-refractivity contribution in [2.24, 2.45) is 0 Å². The summed E-state index contributed by atoms with van der Waals surface area (Å²) in [5.41, 5.74) is 4.14. The fraction of sp³-hybridized carbons (Fsp3) is 0.333. The fourth-order valence-electron chi connectivity index (χ4n) is 3.31. The van der Waals surface area contributed by atoms with Gasteiger partial charge in [0, 0.05) is 6.07 Å². The van der Waals surface area contributed by atoms with Crippen LogP contribution in [0.2, 0.25) is 0 Å². The van der Waals surface area contributed by atoms with Crippen LogP contribution < -0.4 is 10.6 Å². The van der Waals surface area contributed by atoms with Gasteiger partial charge in [-0.1, -0.05) is 60.2 Å². The van der Waals surface area contributed by atoms with Gasteiger partial charge >= 0.3 is 0 Å².